The van der Waals surface area contributed by atoms with Gasteiger partial charge in [0.1, 0.15) is 11.8 Å². The van der Waals surface area contributed by atoms with Crippen molar-refractivity contribution in [2.45, 2.75) is 24.9 Å². The highest BCUT2D eigenvalue weighted by Gasteiger charge is 2.49. The molecule has 0 aliphatic carbocycles. The molecule has 9 heteroatoms. The molecule has 150 valence electrons. The predicted octanol–water partition coefficient (Wildman–Crippen LogP) is 2.47. The summed E-state index contributed by atoms with van der Waals surface area (Å²) in [5.41, 5.74) is 0.773. The van der Waals surface area contributed by atoms with Gasteiger partial charge in [-0.2, -0.15) is 0 Å². The number of urea groups is 1. The van der Waals surface area contributed by atoms with Gasteiger partial charge >= 0.3 is 6.03 Å². The molecule has 3 heterocycles. The quantitative estimate of drug-likeness (QED) is 0.776. The van der Waals surface area contributed by atoms with Gasteiger partial charge in [-0.1, -0.05) is 11.6 Å². The number of carbonyl (C=O) groups excluding carboxylic acids is 3. The van der Waals surface area contributed by atoms with Gasteiger partial charge in [0.25, 0.3) is 11.8 Å². The Hall–Kier alpha value is -3.13. The SMILES string of the molecule is COc1ccc(Cl)cc1N1C(=O)C2CC(NC(=O)c3cccnc3)CCN2C1=O. The zero-order valence-corrected chi connectivity index (χ0v) is 16.4. The molecule has 2 fully saturated rings. The number of amides is 4. The van der Waals surface area contributed by atoms with Crippen molar-refractivity contribution in [3.63, 3.8) is 0 Å². The lowest BCUT2D eigenvalue weighted by Gasteiger charge is -2.32. The van der Waals surface area contributed by atoms with Crippen LogP contribution in [0.2, 0.25) is 5.02 Å². The third kappa shape index (κ3) is 3.51. The van der Waals surface area contributed by atoms with E-state index in [2.05, 4.69) is 10.3 Å². The Bertz CT molecular complexity index is 968. The Morgan fingerprint density at radius 2 is 2.14 bits per heavy atom. The monoisotopic (exact) mass is 414 g/mol. The maximum atomic E-state index is 13.1. The van der Waals surface area contributed by atoms with Crippen molar-refractivity contribution in [3.8, 4) is 5.75 Å². The number of ether oxygens (including phenoxy) is 1. The van der Waals surface area contributed by atoms with Gasteiger partial charge in [0.05, 0.1) is 18.4 Å². The minimum atomic E-state index is -0.640. The molecule has 0 saturated carbocycles. The fraction of sp³-hybridized carbons (Fsp3) is 0.300. The molecule has 0 spiro atoms. The van der Waals surface area contributed by atoms with E-state index in [9.17, 15) is 14.4 Å². The van der Waals surface area contributed by atoms with E-state index < -0.39 is 12.1 Å². The van der Waals surface area contributed by atoms with Crippen LogP contribution in [0.25, 0.3) is 0 Å². The smallest absolute Gasteiger partial charge is 0.332 e. The summed E-state index contributed by atoms with van der Waals surface area (Å²) in [6.07, 6.45) is 3.98. The molecule has 8 nitrogen and oxygen atoms in total. The molecule has 1 aromatic carbocycles. The van der Waals surface area contributed by atoms with Crippen LogP contribution in [0.5, 0.6) is 5.75 Å². The topological polar surface area (TPSA) is 91.8 Å². The second-order valence-corrected chi connectivity index (χ2v) is 7.35. The average molecular weight is 415 g/mol. The second kappa shape index (κ2) is 7.71. The second-order valence-electron chi connectivity index (χ2n) is 6.92. The Kier molecular flexibility index (Phi) is 5.10. The van der Waals surface area contributed by atoms with Gasteiger partial charge < -0.3 is 15.0 Å². The largest absolute Gasteiger partial charge is 0.495 e. The summed E-state index contributed by atoms with van der Waals surface area (Å²) in [6, 6.07) is 6.88. The molecule has 2 aliphatic heterocycles. The first-order valence-corrected chi connectivity index (χ1v) is 9.56. The summed E-state index contributed by atoms with van der Waals surface area (Å²) in [5, 5.41) is 3.33. The van der Waals surface area contributed by atoms with E-state index in [1.807, 2.05) is 0 Å². The van der Waals surface area contributed by atoms with Gasteiger partial charge in [0, 0.05) is 30.0 Å². The number of hydrogen-bond acceptors (Lipinski definition) is 5. The van der Waals surface area contributed by atoms with Gasteiger partial charge in [-0.3, -0.25) is 14.6 Å². The lowest BCUT2D eigenvalue weighted by atomic mass is 9.97. The highest BCUT2D eigenvalue weighted by molar-refractivity contribution is 6.31. The standard InChI is InChI=1S/C20H19ClN4O4/c1-29-17-5-4-13(21)9-15(17)25-19(27)16-10-14(6-8-24(16)20(25)28)23-18(26)12-3-2-7-22-11-12/h2-5,7,9,11,14,16H,6,8,10H2,1H3,(H,23,26). The zero-order chi connectivity index (χ0) is 20.5. The van der Waals surface area contributed by atoms with Gasteiger partial charge in [-0.05, 0) is 43.2 Å². The number of imide groups is 1. The van der Waals surface area contributed by atoms with Crippen LogP contribution >= 0.6 is 11.6 Å². The maximum absolute atomic E-state index is 13.1. The summed E-state index contributed by atoms with van der Waals surface area (Å²) >= 11 is 6.07. The minimum absolute atomic E-state index is 0.220. The first kappa shape index (κ1) is 19.2. The first-order chi connectivity index (χ1) is 14.0. The highest BCUT2D eigenvalue weighted by Crippen LogP contribution is 2.37. The Morgan fingerprint density at radius 1 is 1.31 bits per heavy atom. The van der Waals surface area contributed by atoms with Crippen LogP contribution < -0.4 is 15.0 Å². The molecule has 29 heavy (non-hydrogen) atoms. The molecule has 2 aliphatic rings. The van der Waals surface area contributed by atoms with Crippen LogP contribution in [0.1, 0.15) is 23.2 Å². The zero-order valence-electron chi connectivity index (χ0n) is 15.7. The Balaban J connectivity index is 1.53. The number of hydrogen-bond donors (Lipinski definition) is 1. The summed E-state index contributed by atoms with van der Waals surface area (Å²) in [5.74, 6) is -0.213. The van der Waals surface area contributed by atoms with Crippen LogP contribution in [0.15, 0.2) is 42.7 Å². The van der Waals surface area contributed by atoms with Gasteiger partial charge in [0.2, 0.25) is 0 Å². The maximum Gasteiger partial charge on any atom is 0.332 e. The molecule has 2 saturated heterocycles. The van der Waals surface area contributed by atoms with Crippen molar-refractivity contribution >= 4 is 35.1 Å². The number of nitrogens with zero attached hydrogens (tertiary/aromatic N) is 3. The number of benzene rings is 1. The van der Waals surface area contributed by atoms with Crippen LogP contribution in [0.3, 0.4) is 0 Å². The molecule has 2 aromatic rings. The van der Waals surface area contributed by atoms with Gasteiger partial charge in [-0.15, -0.1) is 0 Å². The van der Waals surface area contributed by atoms with Crippen LogP contribution in [0.4, 0.5) is 10.5 Å². The number of carbonyl (C=O) groups is 3. The highest BCUT2D eigenvalue weighted by atomic mass is 35.5. The van der Waals surface area contributed by atoms with E-state index in [4.69, 9.17) is 16.3 Å². The van der Waals surface area contributed by atoms with Gasteiger partial charge in [0.15, 0.2) is 0 Å². The Morgan fingerprint density at radius 3 is 2.86 bits per heavy atom. The summed E-state index contributed by atoms with van der Waals surface area (Å²) in [4.78, 5) is 45.0. The van der Waals surface area contributed by atoms with Crippen molar-refractivity contribution in [1.82, 2.24) is 15.2 Å². The fourth-order valence-corrected chi connectivity index (χ4v) is 3.92. The van der Waals surface area contributed by atoms with Crippen molar-refractivity contribution in [2.24, 2.45) is 0 Å². The van der Waals surface area contributed by atoms with Crippen molar-refractivity contribution in [1.29, 1.82) is 0 Å². The number of pyridine rings is 1. The number of methoxy groups -OCH3 is 1. The first-order valence-electron chi connectivity index (χ1n) is 9.18. The average Bonchev–Trinajstić information content (AvgIpc) is 2.98. The molecule has 0 bridgehead atoms. The number of rotatable bonds is 4. The Labute approximate surface area is 172 Å². The number of aromatic nitrogens is 1. The van der Waals surface area contributed by atoms with E-state index >= 15 is 0 Å². The molecular weight excluding hydrogens is 396 g/mol. The lowest BCUT2D eigenvalue weighted by molar-refractivity contribution is -0.120. The molecule has 0 radical (unpaired) electrons. The van der Waals surface area contributed by atoms with Crippen LogP contribution in [0, 0.1) is 0 Å². The van der Waals surface area contributed by atoms with E-state index in [1.54, 1.807) is 30.5 Å². The fourth-order valence-electron chi connectivity index (χ4n) is 3.76. The predicted molar refractivity (Wildman–Crippen MR) is 106 cm³/mol. The summed E-state index contributed by atoms with van der Waals surface area (Å²) in [6.45, 7) is 0.368. The van der Waals surface area contributed by atoms with E-state index in [-0.39, 0.29) is 17.9 Å². The number of nitrogens with one attached hydrogen (secondary N) is 1. The van der Waals surface area contributed by atoms with Crippen LogP contribution in [-0.2, 0) is 4.79 Å². The van der Waals surface area contributed by atoms with E-state index in [1.165, 1.54) is 24.3 Å². The molecule has 2 unspecified atom stereocenters. The third-order valence-electron chi connectivity index (χ3n) is 5.19. The van der Waals surface area contributed by atoms with Crippen molar-refractivity contribution in [2.75, 3.05) is 18.6 Å². The minimum Gasteiger partial charge on any atom is -0.495 e. The van der Waals surface area contributed by atoms with Crippen molar-refractivity contribution < 1.29 is 19.1 Å². The van der Waals surface area contributed by atoms with E-state index in [0.717, 1.165) is 4.90 Å². The normalized spacial score (nSPS) is 21.2. The molecule has 1 aromatic heterocycles. The molecular formula is C20H19ClN4O4. The van der Waals surface area contributed by atoms with Gasteiger partial charge in [-0.25, -0.2) is 9.69 Å². The van der Waals surface area contributed by atoms with Crippen LogP contribution in [-0.4, -0.2) is 53.5 Å². The number of halogens is 1. The summed E-state index contributed by atoms with van der Waals surface area (Å²) in [7, 11) is 1.47. The molecule has 2 atom stereocenters. The number of anilines is 1. The summed E-state index contributed by atoms with van der Waals surface area (Å²) < 4.78 is 5.30. The lowest BCUT2D eigenvalue weighted by Crippen LogP contribution is -2.49. The number of piperidine rings is 1. The van der Waals surface area contributed by atoms with E-state index in [0.29, 0.717) is 41.4 Å². The molecule has 4 amide bonds. The van der Waals surface area contributed by atoms with Crippen molar-refractivity contribution in [3.05, 3.63) is 53.3 Å². The molecule has 1 N–H and O–H groups in total. The molecule has 4 rings (SSSR count). The number of fused-ring (bicyclic) bond motifs is 1. The third-order valence-corrected chi connectivity index (χ3v) is 5.42.